The Morgan fingerprint density at radius 2 is 2.41 bits per heavy atom. The normalized spacial score (nSPS) is 22.2. The van der Waals surface area contributed by atoms with Crippen molar-refractivity contribution in [1.82, 2.24) is 9.88 Å². The van der Waals surface area contributed by atoms with E-state index in [1.165, 1.54) is 0 Å². The summed E-state index contributed by atoms with van der Waals surface area (Å²) in [4.78, 5) is 18.2. The molecule has 2 N–H and O–H groups in total. The second kappa shape index (κ2) is 5.27. The Hall–Kier alpha value is -1.42. The molecule has 1 aliphatic heterocycles. The average molecular weight is 233 g/mol. The van der Waals surface area contributed by atoms with Crippen molar-refractivity contribution in [1.29, 1.82) is 0 Å². The van der Waals surface area contributed by atoms with Gasteiger partial charge in [0, 0.05) is 31.0 Å². The number of rotatable bonds is 2. The van der Waals surface area contributed by atoms with E-state index in [1.54, 1.807) is 18.5 Å². The van der Waals surface area contributed by atoms with Gasteiger partial charge in [-0.05, 0) is 38.3 Å². The lowest BCUT2D eigenvalue weighted by atomic mass is 9.96. The predicted molar refractivity (Wildman–Crippen MR) is 66.6 cm³/mol. The lowest BCUT2D eigenvalue weighted by Gasteiger charge is -2.38. The highest BCUT2D eigenvalue weighted by Gasteiger charge is 2.29. The van der Waals surface area contributed by atoms with E-state index in [0.29, 0.717) is 5.56 Å². The van der Waals surface area contributed by atoms with Gasteiger partial charge in [-0.3, -0.25) is 9.78 Å². The number of hydrogen-bond donors (Lipinski definition) is 1. The van der Waals surface area contributed by atoms with Crippen molar-refractivity contribution in [3.63, 3.8) is 0 Å². The third-order valence-electron chi connectivity index (χ3n) is 3.33. The second-order valence-electron chi connectivity index (χ2n) is 4.66. The smallest absolute Gasteiger partial charge is 0.255 e. The summed E-state index contributed by atoms with van der Waals surface area (Å²) in [5, 5.41) is 0. The van der Waals surface area contributed by atoms with Crippen molar-refractivity contribution in [2.75, 3.05) is 6.54 Å². The number of aromatic nitrogens is 1. The first-order valence-electron chi connectivity index (χ1n) is 6.16. The molecule has 0 aromatic carbocycles. The maximum absolute atomic E-state index is 12.3. The minimum absolute atomic E-state index is 0.0240. The van der Waals surface area contributed by atoms with Gasteiger partial charge in [-0.15, -0.1) is 0 Å². The fourth-order valence-corrected chi connectivity index (χ4v) is 2.41. The fraction of sp³-hybridized carbons (Fsp3) is 0.538. The first-order chi connectivity index (χ1) is 8.20. The Bertz CT molecular complexity index is 378. The molecule has 0 unspecified atom stereocenters. The molecule has 2 rings (SSSR count). The van der Waals surface area contributed by atoms with E-state index in [-0.39, 0.29) is 18.0 Å². The number of hydrogen-bond acceptors (Lipinski definition) is 3. The molecule has 1 saturated heterocycles. The summed E-state index contributed by atoms with van der Waals surface area (Å²) in [6.07, 6.45) is 6.52. The van der Waals surface area contributed by atoms with Gasteiger partial charge < -0.3 is 10.6 Å². The standard InChI is InChI=1S/C13H19N3O/c1-10(14)12-6-2-3-8-16(12)13(17)11-5-4-7-15-9-11/h4-5,7,9-10,12H,2-3,6,8,14H2,1H3/t10-,12-/m1/s1. The zero-order chi connectivity index (χ0) is 12.3. The van der Waals surface area contributed by atoms with Crippen molar-refractivity contribution >= 4 is 5.91 Å². The van der Waals surface area contributed by atoms with E-state index >= 15 is 0 Å². The number of amides is 1. The molecule has 17 heavy (non-hydrogen) atoms. The number of carbonyl (C=O) groups excluding carboxylic acids is 1. The van der Waals surface area contributed by atoms with Gasteiger partial charge in [0.25, 0.3) is 5.91 Å². The van der Waals surface area contributed by atoms with E-state index in [2.05, 4.69) is 4.98 Å². The largest absolute Gasteiger partial charge is 0.334 e. The minimum atomic E-state index is 0.0240. The predicted octanol–water partition coefficient (Wildman–Crippen LogP) is 1.42. The highest BCUT2D eigenvalue weighted by Crippen LogP contribution is 2.21. The van der Waals surface area contributed by atoms with Crippen LogP contribution >= 0.6 is 0 Å². The monoisotopic (exact) mass is 233 g/mol. The Morgan fingerprint density at radius 1 is 1.59 bits per heavy atom. The van der Waals surface area contributed by atoms with Gasteiger partial charge in [-0.25, -0.2) is 0 Å². The SMILES string of the molecule is C[C@@H](N)[C@H]1CCCCN1C(=O)c1cccnc1. The molecule has 4 heteroatoms. The molecule has 0 saturated carbocycles. The maximum atomic E-state index is 12.3. The molecule has 0 bridgehead atoms. The highest BCUT2D eigenvalue weighted by atomic mass is 16.2. The Morgan fingerprint density at radius 3 is 3.06 bits per heavy atom. The molecule has 0 aliphatic carbocycles. The molecule has 0 radical (unpaired) electrons. The first kappa shape index (κ1) is 12.0. The molecule has 0 spiro atoms. The fourth-order valence-electron chi connectivity index (χ4n) is 2.41. The third-order valence-corrected chi connectivity index (χ3v) is 3.33. The lowest BCUT2D eigenvalue weighted by molar-refractivity contribution is 0.0583. The molecule has 1 amide bonds. The van der Waals surface area contributed by atoms with Gasteiger partial charge in [0.15, 0.2) is 0 Å². The molecule has 1 aromatic heterocycles. The summed E-state index contributed by atoms with van der Waals surface area (Å²) in [5.74, 6) is 0.0556. The summed E-state index contributed by atoms with van der Waals surface area (Å²) in [6.45, 7) is 2.78. The third kappa shape index (κ3) is 2.64. The number of carbonyl (C=O) groups is 1. The molecule has 1 aromatic rings. The van der Waals surface area contributed by atoms with Gasteiger partial charge in [0.05, 0.1) is 5.56 Å². The van der Waals surface area contributed by atoms with Crippen LogP contribution in [0, 0.1) is 0 Å². The van der Waals surface area contributed by atoms with Crippen LogP contribution in [0.15, 0.2) is 24.5 Å². The second-order valence-corrected chi connectivity index (χ2v) is 4.66. The van der Waals surface area contributed by atoms with Crippen LogP contribution < -0.4 is 5.73 Å². The van der Waals surface area contributed by atoms with E-state index in [0.717, 1.165) is 25.8 Å². The molecular formula is C13H19N3O. The lowest BCUT2D eigenvalue weighted by Crippen LogP contribution is -2.51. The quantitative estimate of drug-likeness (QED) is 0.840. The van der Waals surface area contributed by atoms with Crippen LogP contribution in [0.4, 0.5) is 0 Å². The topological polar surface area (TPSA) is 59.2 Å². The van der Waals surface area contributed by atoms with E-state index in [1.807, 2.05) is 17.9 Å². The molecule has 92 valence electrons. The van der Waals surface area contributed by atoms with Gasteiger partial charge >= 0.3 is 0 Å². The highest BCUT2D eigenvalue weighted by molar-refractivity contribution is 5.94. The molecule has 1 aliphatic rings. The minimum Gasteiger partial charge on any atom is -0.334 e. The van der Waals surface area contributed by atoms with Crippen LogP contribution in [0.3, 0.4) is 0 Å². The van der Waals surface area contributed by atoms with Crippen LogP contribution in [0.2, 0.25) is 0 Å². The maximum Gasteiger partial charge on any atom is 0.255 e. The van der Waals surface area contributed by atoms with E-state index in [9.17, 15) is 4.79 Å². The summed E-state index contributed by atoms with van der Waals surface area (Å²) < 4.78 is 0. The summed E-state index contributed by atoms with van der Waals surface area (Å²) >= 11 is 0. The van der Waals surface area contributed by atoms with Crippen LogP contribution in [-0.2, 0) is 0 Å². The van der Waals surface area contributed by atoms with Crippen molar-refractivity contribution in [3.05, 3.63) is 30.1 Å². The van der Waals surface area contributed by atoms with E-state index in [4.69, 9.17) is 5.73 Å². The van der Waals surface area contributed by atoms with Gasteiger partial charge in [-0.2, -0.15) is 0 Å². The summed E-state index contributed by atoms with van der Waals surface area (Å²) in [7, 11) is 0. The number of piperidine rings is 1. The molecule has 2 heterocycles. The number of likely N-dealkylation sites (tertiary alicyclic amines) is 1. The summed E-state index contributed by atoms with van der Waals surface area (Å²) in [5.41, 5.74) is 6.62. The number of nitrogens with zero attached hydrogens (tertiary/aromatic N) is 2. The number of pyridine rings is 1. The van der Waals surface area contributed by atoms with E-state index < -0.39 is 0 Å². The van der Waals surface area contributed by atoms with Gasteiger partial charge in [0.1, 0.15) is 0 Å². The average Bonchev–Trinajstić information content (AvgIpc) is 2.39. The van der Waals surface area contributed by atoms with Crippen molar-refractivity contribution in [3.8, 4) is 0 Å². The van der Waals surface area contributed by atoms with Crippen LogP contribution in [-0.4, -0.2) is 34.4 Å². The zero-order valence-electron chi connectivity index (χ0n) is 10.2. The molecular weight excluding hydrogens is 214 g/mol. The Labute approximate surface area is 102 Å². The van der Waals surface area contributed by atoms with Crippen LogP contribution in [0.5, 0.6) is 0 Å². The number of nitrogens with two attached hydrogens (primary N) is 1. The Kier molecular flexibility index (Phi) is 3.74. The van der Waals surface area contributed by atoms with Crippen LogP contribution in [0.1, 0.15) is 36.5 Å². The van der Waals surface area contributed by atoms with Crippen molar-refractivity contribution in [2.45, 2.75) is 38.3 Å². The van der Waals surface area contributed by atoms with Gasteiger partial charge in [0.2, 0.25) is 0 Å². The van der Waals surface area contributed by atoms with Gasteiger partial charge in [-0.1, -0.05) is 0 Å². The first-order valence-corrected chi connectivity index (χ1v) is 6.16. The molecule has 2 atom stereocenters. The van der Waals surface area contributed by atoms with Crippen molar-refractivity contribution < 1.29 is 4.79 Å². The summed E-state index contributed by atoms with van der Waals surface area (Å²) in [6, 6.07) is 3.78. The zero-order valence-corrected chi connectivity index (χ0v) is 10.2. The van der Waals surface area contributed by atoms with Crippen molar-refractivity contribution in [2.24, 2.45) is 5.73 Å². The molecule has 1 fully saturated rings. The van der Waals surface area contributed by atoms with Crippen LogP contribution in [0.25, 0.3) is 0 Å². The molecule has 4 nitrogen and oxygen atoms in total. The Balaban J connectivity index is 2.17.